The number of hydrogen-bond donors (Lipinski definition) is 1. The summed E-state index contributed by atoms with van der Waals surface area (Å²) < 4.78 is 10.7. The summed E-state index contributed by atoms with van der Waals surface area (Å²) in [6.45, 7) is 2.01. The van der Waals surface area contributed by atoms with Gasteiger partial charge >= 0.3 is 0 Å². The molecule has 2 aromatic rings. The highest BCUT2D eigenvalue weighted by Gasteiger charge is 2.36. The molecule has 2 aliphatic rings. The molecule has 2 aliphatic heterocycles. The predicted molar refractivity (Wildman–Crippen MR) is 101 cm³/mol. The van der Waals surface area contributed by atoms with E-state index in [9.17, 15) is 14.4 Å². The van der Waals surface area contributed by atoms with Gasteiger partial charge in [-0.2, -0.15) is 0 Å². The molecule has 0 spiro atoms. The van der Waals surface area contributed by atoms with Crippen LogP contribution in [0.15, 0.2) is 42.5 Å². The molecule has 28 heavy (non-hydrogen) atoms. The maximum absolute atomic E-state index is 12.8. The van der Waals surface area contributed by atoms with Crippen LogP contribution in [0.1, 0.15) is 35.7 Å². The Hall–Kier alpha value is -3.35. The lowest BCUT2D eigenvalue weighted by molar-refractivity contribution is -0.133. The van der Waals surface area contributed by atoms with E-state index in [0.717, 1.165) is 5.56 Å². The molecule has 4 rings (SSSR count). The first kappa shape index (κ1) is 18.0. The molecule has 0 radical (unpaired) electrons. The van der Waals surface area contributed by atoms with Gasteiger partial charge < -0.3 is 19.7 Å². The quantitative estimate of drug-likeness (QED) is 0.807. The summed E-state index contributed by atoms with van der Waals surface area (Å²) in [6, 6.07) is 11.7. The van der Waals surface area contributed by atoms with E-state index in [-0.39, 0.29) is 24.4 Å². The lowest BCUT2D eigenvalue weighted by Crippen LogP contribution is -2.41. The summed E-state index contributed by atoms with van der Waals surface area (Å²) in [4.78, 5) is 38.1. The van der Waals surface area contributed by atoms with Crippen LogP contribution in [0.5, 0.6) is 11.5 Å². The van der Waals surface area contributed by atoms with Gasteiger partial charge in [-0.25, -0.2) is 0 Å². The number of benzene rings is 2. The number of ketones is 1. The molecule has 0 bridgehead atoms. The highest BCUT2D eigenvalue weighted by molar-refractivity contribution is 5.99. The number of ether oxygens (including phenoxy) is 2. The van der Waals surface area contributed by atoms with Crippen molar-refractivity contribution in [1.82, 2.24) is 4.90 Å². The fourth-order valence-electron chi connectivity index (χ4n) is 3.45. The number of nitrogens with zero attached hydrogens (tertiary/aromatic N) is 1. The van der Waals surface area contributed by atoms with E-state index >= 15 is 0 Å². The Morgan fingerprint density at radius 2 is 1.86 bits per heavy atom. The Bertz CT molecular complexity index is 938. The smallest absolute Gasteiger partial charge is 0.247 e. The van der Waals surface area contributed by atoms with Gasteiger partial charge in [0.25, 0.3) is 0 Å². The highest BCUT2D eigenvalue weighted by Crippen LogP contribution is 2.33. The van der Waals surface area contributed by atoms with Crippen molar-refractivity contribution < 1.29 is 23.9 Å². The minimum atomic E-state index is -0.537. The normalized spacial score (nSPS) is 17.7. The number of nitrogens with one attached hydrogen (secondary N) is 1. The van der Waals surface area contributed by atoms with Crippen LogP contribution < -0.4 is 14.8 Å². The molecule has 1 saturated heterocycles. The number of anilines is 1. The molecular weight excluding hydrogens is 360 g/mol. The molecule has 2 heterocycles. The SMILES string of the molecule is CC(=O)c1ccc(NC(=O)C2CCC(=O)N2Cc2ccc3c(c2)OCO3)cc1. The van der Waals surface area contributed by atoms with Gasteiger partial charge in [0.1, 0.15) is 6.04 Å². The van der Waals surface area contributed by atoms with Crippen LogP contribution in [0.2, 0.25) is 0 Å². The van der Waals surface area contributed by atoms with Crippen molar-refractivity contribution in [3.63, 3.8) is 0 Å². The van der Waals surface area contributed by atoms with Gasteiger partial charge in [0.2, 0.25) is 18.6 Å². The zero-order valence-corrected chi connectivity index (χ0v) is 15.4. The predicted octanol–water partition coefficient (Wildman–Crippen LogP) is 2.75. The average Bonchev–Trinajstić information content (AvgIpc) is 3.29. The molecule has 0 aromatic heterocycles. The second-order valence-corrected chi connectivity index (χ2v) is 6.89. The largest absolute Gasteiger partial charge is 0.454 e. The number of carbonyl (C=O) groups excluding carboxylic acids is 3. The number of fused-ring (bicyclic) bond motifs is 1. The molecule has 1 atom stereocenters. The molecular formula is C21H20N2O5. The molecule has 144 valence electrons. The van der Waals surface area contributed by atoms with Crippen LogP contribution >= 0.6 is 0 Å². The molecule has 0 aliphatic carbocycles. The second kappa shape index (κ2) is 7.34. The Morgan fingerprint density at radius 3 is 2.61 bits per heavy atom. The van der Waals surface area contributed by atoms with Crippen molar-refractivity contribution in [2.75, 3.05) is 12.1 Å². The Balaban J connectivity index is 1.46. The van der Waals surface area contributed by atoms with E-state index in [0.29, 0.717) is 42.1 Å². The fourth-order valence-corrected chi connectivity index (χ4v) is 3.45. The first-order valence-corrected chi connectivity index (χ1v) is 9.11. The third-order valence-corrected chi connectivity index (χ3v) is 4.98. The standard InChI is InChI=1S/C21H20N2O5/c1-13(24)15-3-5-16(6-4-15)22-21(26)17-7-9-20(25)23(17)11-14-2-8-18-19(10-14)28-12-27-18/h2-6,8,10,17H,7,9,11-12H2,1H3,(H,22,26). The lowest BCUT2D eigenvalue weighted by Gasteiger charge is -2.24. The molecule has 1 N–H and O–H groups in total. The summed E-state index contributed by atoms with van der Waals surface area (Å²) >= 11 is 0. The maximum Gasteiger partial charge on any atom is 0.247 e. The molecule has 2 aromatic carbocycles. The van der Waals surface area contributed by atoms with Crippen LogP contribution in [0.3, 0.4) is 0 Å². The van der Waals surface area contributed by atoms with Crippen LogP contribution in [0, 0.1) is 0 Å². The van der Waals surface area contributed by atoms with Gasteiger partial charge in [-0.1, -0.05) is 6.07 Å². The van der Waals surface area contributed by atoms with E-state index in [4.69, 9.17) is 9.47 Å². The van der Waals surface area contributed by atoms with Crippen molar-refractivity contribution >= 4 is 23.3 Å². The van der Waals surface area contributed by atoms with Crippen molar-refractivity contribution in [3.8, 4) is 11.5 Å². The third-order valence-electron chi connectivity index (χ3n) is 4.98. The van der Waals surface area contributed by atoms with Crippen LogP contribution in [0.25, 0.3) is 0 Å². The Kier molecular flexibility index (Phi) is 4.73. The third kappa shape index (κ3) is 3.55. The summed E-state index contributed by atoms with van der Waals surface area (Å²) in [6.07, 6.45) is 0.812. The first-order chi connectivity index (χ1) is 13.5. The van der Waals surface area contributed by atoms with Crippen LogP contribution in [-0.4, -0.2) is 35.3 Å². The van der Waals surface area contributed by atoms with E-state index in [1.165, 1.54) is 6.92 Å². The van der Waals surface area contributed by atoms with Crippen molar-refractivity contribution in [1.29, 1.82) is 0 Å². The number of Topliss-reactive ketones (excluding diaryl/α,β-unsaturated/α-hetero) is 1. The summed E-state index contributed by atoms with van der Waals surface area (Å²) in [5.74, 6) is 1.01. The Morgan fingerprint density at radius 1 is 1.11 bits per heavy atom. The molecule has 1 unspecified atom stereocenters. The summed E-state index contributed by atoms with van der Waals surface area (Å²) in [5.41, 5.74) is 2.05. The van der Waals surface area contributed by atoms with Crippen LogP contribution in [0.4, 0.5) is 5.69 Å². The van der Waals surface area contributed by atoms with E-state index in [1.807, 2.05) is 18.2 Å². The lowest BCUT2D eigenvalue weighted by atomic mass is 10.1. The molecule has 0 saturated carbocycles. The van der Waals surface area contributed by atoms with E-state index in [1.54, 1.807) is 29.2 Å². The van der Waals surface area contributed by atoms with Crippen molar-refractivity contribution in [2.24, 2.45) is 0 Å². The zero-order valence-electron chi connectivity index (χ0n) is 15.4. The number of rotatable bonds is 5. The van der Waals surface area contributed by atoms with E-state index in [2.05, 4.69) is 5.32 Å². The van der Waals surface area contributed by atoms with Gasteiger partial charge in [0.05, 0.1) is 0 Å². The van der Waals surface area contributed by atoms with Gasteiger partial charge in [-0.15, -0.1) is 0 Å². The minimum absolute atomic E-state index is 0.0332. The zero-order chi connectivity index (χ0) is 19.7. The van der Waals surface area contributed by atoms with Gasteiger partial charge in [-0.3, -0.25) is 14.4 Å². The van der Waals surface area contributed by atoms with Crippen molar-refractivity contribution in [3.05, 3.63) is 53.6 Å². The number of likely N-dealkylation sites (tertiary alicyclic amines) is 1. The summed E-state index contributed by atoms with van der Waals surface area (Å²) in [5, 5.41) is 2.84. The van der Waals surface area contributed by atoms with E-state index < -0.39 is 6.04 Å². The fraction of sp³-hybridized carbons (Fsp3) is 0.286. The number of carbonyl (C=O) groups is 3. The number of hydrogen-bond acceptors (Lipinski definition) is 5. The molecule has 1 fully saturated rings. The minimum Gasteiger partial charge on any atom is -0.454 e. The van der Waals surface area contributed by atoms with Gasteiger partial charge in [0.15, 0.2) is 17.3 Å². The summed E-state index contributed by atoms with van der Waals surface area (Å²) in [7, 11) is 0. The van der Waals surface area contributed by atoms with Gasteiger partial charge in [0, 0.05) is 24.2 Å². The topological polar surface area (TPSA) is 84.9 Å². The number of amides is 2. The second-order valence-electron chi connectivity index (χ2n) is 6.89. The monoisotopic (exact) mass is 380 g/mol. The van der Waals surface area contributed by atoms with Crippen LogP contribution in [-0.2, 0) is 16.1 Å². The van der Waals surface area contributed by atoms with Gasteiger partial charge in [-0.05, 0) is 55.3 Å². The molecule has 2 amide bonds. The molecule has 7 heteroatoms. The van der Waals surface area contributed by atoms with Crippen molar-refractivity contribution in [2.45, 2.75) is 32.4 Å². The molecule has 7 nitrogen and oxygen atoms in total. The highest BCUT2D eigenvalue weighted by atomic mass is 16.7. The maximum atomic E-state index is 12.8. The first-order valence-electron chi connectivity index (χ1n) is 9.11. The average molecular weight is 380 g/mol. The Labute approximate surface area is 162 Å².